The maximum Gasteiger partial charge on any atom is 0.339 e. The molecule has 5 nitrogen and oxygen atoms in total. The quantitative estimate of drug-likeness (QED) is 0.735. The fourth-order valence-corrected chi connectivity index (χ4v) is 2.75. The average Bonchev–Trinajstić information content (AvgIpc) is 2.91. The second-order valence-electron chi connectivity index (χ2n) is 5.28. The van der Waals surface area contributed by atoms with Crippen molar-refractivity contribution in [2.75, 3.05) is 12.4 Å². The molecule has 0 aliphatic carbocycles. The number of benzene rings is 2. The molecule has 0 radical (unpaired) electrons. The van der Waals surface area contributed by atoms with Crippen molar-refractivity contribution in [3.63, 3.8) is 0 Å². The van der Waals surface area contributed by atoms with Gasteiger partial charge in [-0.15, -0.1) is 0 Å². The van der Waals surface area contributed by atoms with Crippen LogP contribution in [0.1, 0.15) is 20.8 Å². The molecule has 0 spiro atoms. The molecule has 122 valence electrons. The predicted octanol–water partition coefficient (Wildman–Crippen LogP) is 3.87. The van der Waals surface area contributed by atoms with Crippen LogP contribution in [0.15, 0.2) is 48.5 Å². The lowest BCUT2D eigenvalue weighted by molar-refractivity contribution is 0.0602. The molecular weight excluding hydrogens is 328 g/mol. The Morgan fingerprint density at radius 3 is 2.62 bits per heavy atom. The molecule has 0 bridgehead atoms. The van der Waals surface area contributed by atoms with Crippen molar-refractivity contribution in [3.8, 4) is 0 Å². The third-order valence-corrected chi connectivity index (χ3v) is 4.06. The summed E-state index contributed by atoms with van der Waals surface area (Å²) in [5.41, 5.74) is 2.02. The first-order chi connectivity index (χ1) is 11.5. The number of carbonyl (C=O) groups excluding carboxylic acids is 2. The molecule has 1 amide bonds. The standard InChI is InChI=1S/C18H15ClN2O3/c1-21-15-10-12(19)8-7-11(15)9-16(21)17(22)20-14-6-4-3-5-13(14)18(23)24-2/h3-10H,1-2H3,(H,20,22). The lowest BCUT2D eigenvalue weighted by Gasteiger charge is -2.10. The van der Waals surface area contributed by atoms with Crippen LogP contribution in [0.3, 0.4) is 0 Å². The van der Waals surface area contributed by atoms with Gasteiger partial charge >= 0.3 is 5.97 Å². The summed E-state index contributed by atoms with van der Waals surface area (Å²) in [5.74, 6) is -0.823. The second kappa shape index (κ2) is 6.37. The van der Waals surface area contributed by atoms with Gasteiger partial charge in [0.15, 0.2) is 0 Å². The summed E-state index contributed by atoms with van der Waals surface area (Å²) in [6.45, 7) is 0. The van der Waals surface area contributed by atoms with Crippen molar-refractivity contribution < 1.29 is 14.3 Å². The number of rotatable bonds is 3. The molecule has 0 atom stereocenters. The van der Waals surface area contributed by atoms with Crippen LogP contribution in [0.2, 0.25) is 5.02 Å². The Balaban J connectivity index is 1.97. The summed E-state index contributed by atoms with van der Waals surface area (Å²) in [7, 11) is 3.09. The first-order valence-corrected chi connectivity index (χ1v) is 7.62. The van der Waals surface area contributed by atoms with Crippen molar-refractivity contribution in [2.24, 2.45) is 7.05 Å². The molecule has 3 rings (SSSR count). The summed E-state index contributed by atoms with van der Waals surface area (Å²) in [5, 5.41) is 4.28. The van der Waals surface area contributed by atoms with E-state index in [1.807, 2.05) is 6.07 Å². The van der Waals surface area contributed by atoms with Crippen molar-refractivity contribution in [1.29, 1.82) is 0 Å². The van der Waals surface area contributed by atoms with E-state index in [1.54, 1.807) is 54.1 Å². The number of hydrogen-bond acceptors (Lipinski definition) is 3. The molecule has 0 fully saturated rings. The second-order valence-corrected chi connectivity index (χ2v) is 5.72. The molecule has 0 aliphatic rings. The van der Waals surface area contributed by atoms with Gasteiger partial charge in [-0.2, -0.15) is 0 Å². The van der Waals surface area contributed by atoms with E-state index in [-0.39, 0.29) is 5.91 Å². The number of halogens is 1. The van der Waals surface area contributed by atoms with E-state index in [0.29, 0.717) is 22.0 Å². The summed E-state index contributed by atoms with van der Waals surface area (Å²) in [4.78, 5) is 24.4. The summed E-state index contributed by atoms with van der Waals surface area (Å²) >= 11 is 6.02. The van der Waals surface area contributed by atoms with E-state index >= 15 is 0 Å². The minimum Gasteiger partial charge on any atom is -0.465 e. The van der Waals surface area contributed by atoms with Crippen molar-refractivity contribution in [1.82, 2.24) is 4.57 Å². The summed E-state index contributed by atoms with van der Waals surface area (Å²) < 4.78 is 6.50. The maximum absolute atomic E-state index is 12.6. The van der Waals surface area contributed by atoms with Gasteiger partial charge in [-0.05, 0) is 30.3 Å². The lowest BCUT2D eigenvalue weighted by Crippen LogP contribution is -2.17. The summed E-state index contributed by atoms with van der Waals surface area (Å²) in [6.07, 6.45) is 0. The largest absolute Gasteiger partial charge is 0.465 e. The van der Waals surface area contributed by atoms with Crippen LogP contribution in [0.25, 0.3) is 10.9 Å². The van der Waals surface area contributed by atoms with Crippen LogP contribution >= 0.6 is 11.6 Å². The molecule has 0 aliphatic heterocycles. The highest BCUT2D eigenvalue weighted by molar-refractivity contribution is 6.31. The average molecular weight is 343 g/mol. The Morgan fingerprint density at radius 1 is 1.12 bits per heavy atom. The Kier molecular flexibility index (Phi) is 4.27. The Bertz CT molecular complexity index is 947. The third-order valence-electron chi connectivity index (χ3n) is 3.82. The van der Waals surface area contributed by atoms with Gasteiger partial charge in [0.2, 0.25) is 0 Å². The number of anilines is 1. The van der Waals surface area contributed by atoms with E-state index in [0.717, 1.165) is 10.9 Å². The molecule has 1 heterocycles. The predicted molar refractivity (Wildman–Crippen MR) is 93.7 cm³/mol. The highest BCUT2D eigenvalue weighted by Gasteiger charge is 2.17. The van der Waals surface area contributed by atoms with Gasteiger partial charge in [0.1, 0.15) is 5.69 Å². The normalized spacial score (nSPS) is 10.6. The molecule has 1 N–H and O–H groups in total. The third kappa shape index (κ3) is 2.86. The number of methoxy groups -OCH3 is 1. The number of aromatic nitrogens is 1. The van der Waals surface area contributed by atoms with E-state index in [4.69, 9.17) is 16.3 Å². The highest BCUT2D eigenvalue weighted by atomic mass is 35.5. The number of amides is 1. The summed E-state index contributed by atoms with van der Waals surface area (Å²) in [6, 6.07) is 13.9. The Hall–Kier alpha value is -2.79. The molecule has 24 heavy (non-hydrogen) atoms. The molecule has 0 saturated heterocycles. The van der Waals surface area contributed by atoms with Gasteiger partial charge in [0, 0.05) is 23.0 Å². The fraction of sp³-hybridized carbons (Fsp3) is 0.111. The van der Waals surface area contributed by atoms with Crippen LogP contribution in [0.5, 0.6) is 0 Å². The Labute approximate surface area is 143 Å². The number of aryl methyl sites for hydroxylation is 1. The smallest absolute Gasteiger partial charge is 0.339 e. The van der Waals surface area contributed by atoms with Gasteiger partial charge in [-0.3, -0.25) is 4.79 Å². The van der Waals surface area contributed by atoms with Crippen molar-refractivity contribution >= 4 is 40.1 Å². The minimum absolute atomic E-state index is 0.301. The number of hydrogen-bond donors (Lipinski definition) is 1. The first-order valence-electron chi connectivity index (χ1n) is 7.25. The van der Waals surface area contributed by atoms with Crippen LogP contribution in [-0.4, -0.2) is 23.6 Å². The van der Waals surface area contributed by atoms with Gasteiger partial charge in [-0.1, -0.05) is 29.8 Å². The number of esters is 1. The zero-order chi connectivity index (χ0) is 17.3. The van der Waals surface area contributed by atoms with Gasteiger partial charge in [0.05, 0.1) is 18.4 Å². The monoisotopic (exact) mass is 342 g/mol. The van der Waals surface area contributed by atoms with Crippen LogP contribution in [0.4, 0.5) is 5.69 Å². The minimum atomic E-state index is -0.505. The van der Waals surface area contributed by atoms with Crippen molar-refractivity contribution in [2.45, 2.75) is 0 Å². The molecule has 2 aromatic carbocycles. The number of carbonyl (C=O) groups is 2. The number of nitrogens with zero attached hydrogens (tertiary/aromatic N) is 1. The fourth-order valence-electron chi connectivity index (χ4n) is 2.59. The van der Waals surface area contributed by atoms with Gasteiger partial charge in [-0.25, -0.2) is 4.79 Å². The lowest BCUT2D eigenvalue weighted by atomic mass is 10.1. The molecule has 6 heteroatoms. The zero-order valence-corrected chi connectivity index (χ0v) is 13.9. The van der Waals surface area contributed by atoms with Crippen LogP contribution < -0.4 is 5.32 Å². The number of para-hydroxylation sites is 1. The SMILES string of the molecule is COC(=O)c1ccccc1NC(=O)c1cc2ccc(Cl)cc2n1C. The zero-order valence-electron chi connectivity index (χ0n) is 13.2. The van der Waals surface area contributed by atoms with E-state index < -0.39 is 5.97 Å². The molecule has 0 unspecified atom stereocenters. The molecule has 3 aromatic rings. The van der Waals surface area contributed by atoms with Crippen LogP contribution in [-0.2, 0) is 11.8 Å². The highest BCUT2D eigenvalue weighted by Crippen LogP contribution is 2.24. The Morgan fingerprint density at radius 2 is 1.88 bits per heavy atom. The van der Waals surface area contributed by atoms with Crippen molar-refractivity contribution in [3.05, 3.63) is 64.8 Å². The van der Waals surface area contributed by atoms with Crippen LogP contribution in [0, 0.1) is 0 Å². The topological polar surface area (TPSA) is 60.3 Å². The number of nitrogens with one attached hydrogen (secondary N) is 1. The molecular formula is C18H15ClN2O3. The van der Waals surface area contributed by atoms with E-state index in [9.17, 15) is 9.59 Å². The van der Waals surface area contributed by atoms with E-state index in [2.05, 4.69) is 5.32 Å². The molecule has 1 aromatic heterocycles. The molecule has 0 saturated carbocycles. The van der Waals surface area contributed by atoms with Gasteiger partial charge in [0.25, 0.3) is 5.91 Å². The number of ether oxygens (including phenoxy) is 1. The van der Waals surface area contributed by atoms with E-state index in [1.165, 1.54) is 7.11 Å². The van der Waals surface area contributed by atoms with Gasteiger partial charge < -0.3 is 14.6 Å². The maximum atomic E-state index is 12.6. The first kappa shape index (κ1) is 16.1. The number of fused-ring (bicyclic) bond motifs is 1.